The summed E-state index contributed by atoms with van der Waals surface area (Å²) in [6.07, 6.45) is 0.536. The number of nitrogens with one attached hydrogen (secondary N) is 1. The number of carboxylic acids is 1. The van der Waals surface area contributed by atoms with Crippen molar-refractivity contribution >= 4 is 59.6 Å². The molecule has 88 valence electrons. The van der Waals surface area contributed by atoms with E-state index in [1.54, 1.807) is 6.92 Å². The number of rotatable bonds is 4. The zero-order valence-electron chi connectivity index (χ0n) is 8.47. The Morgan fingerprint density at radius 3 is 2.82 bits per heavy atom. The Kier molecular flexibility index (Phi) is 4.65. The summed E-state index contributed by atoms with van der Waals surface area (Å²) < 4.78 is 0. The van der Waals surface area contributed by atoms with Crippen LogP contribution in [0.5, 0.6) is 0 Å². The molecule has 17 heavy (non-hydrogen) atoms. The van der Waals surface area contributed by atoms with Crippen molar-refractivity contribution in [2.45, 2.75) is 12.3 Å². The monoisotopic (exact) mass is 266 g/mol. The summed E-state index contributed by atoms with van der Waals surface area (Å²) in [7, 11) is 0. The molecule has 2 aliphatic rings. The number of hydrogen-bond donors (Lipinski definition) is 2. The van der Waals surface area contributed by atoms with Crippen LogP contribution in [0.3, 0.4) is 0 Å². The second-order valence-corrected chi connectivity index (χ2v) is 4.89. The Morgan fingerprint density at radius 1 is 1.65 bits per heavy atom. The molecule has 0 aliphatic carbocycles. The van der Waals surface area contributed by atoms with Crippen molar-refractivity contribution in [3.63, 3.8) is 0 Å². The number of allylic oxidation sites excluding steroid dienone is 1. The van der Waals surface area contributed by atoms with Gasteiger partial charge in [0.1, 0.15) is 11.1 Å². The fourth-order valence-corrected chi connectivity index (χ4v) is 3.27. The zero-order chi connectivity index (χ0) is 11.9. The molecule has 0 aromatic rings. The number of fused-ring (bicyclic) bond motifs is 1. The number of carbonyl (C=O) groups excluding carboxylic acids is 2. The van der Waals surface area contributed by atoms with Gasteiger partial charge in [0, 0.05) is 11.4 Å². The van der Waals surface area contributed by atoms with Crippen LogP contribution in [-0.4, -0.2) is 69.8 Å². The van der Waals surface area contributed by atoms with Crippen molar-refractivity contribution in [3.8, 4) is 0 Å². The first kappa shape index (κ1) is 14.6. The van der Waals surface area contributed by atoms with E-state index in [0.29, 0.717) is 11.3 Å². The first-order valence-electron chi connectivity index (χ1n) is 4.69. The van der Waals surface area contributed by atoms with Gasteiger partial charge in [-0.2, -0.15) is 0 Å². The molecule has 0 radical (unpaired) electrons. The van der Waals surface area contributed by atoms with Crippen molar-refractivity contribution in [2.24, 2.45) is 5.92 Å². The van der Waals surface area contributed by atoms with Gasteiger partial charge in [0.05, 0.1) is 5.92 Å². The van der Waals surface area contributed by atoms with Crippen LogP contribution in [0.1, 0.15) is 6.92 Å². The van der Waals surface area contributed by atoms with E-state index in [0.717, 1.165) is 0 Å². The van der Waals surface area contributed by atoms with Crippen molar-refractivity contribution in [1.29, 1.82) is 0 Å². The minimum atomic E-state index is -1.08. The van der Waals surface area contributed by atoms with Crippen LogP contribution in [0.25, 0.3) is 0 Å². The van der Waals surface area contributed by atoms with Gasteiger partial charge in [-0.25, -0.2) is 4.79 Å². The van der Waals surface area contributed by atoms with E-state index in [2.05, 4.69) is 5.32 Å². The SMILES string of the molecule is CC1=C(C(=O)O)N2C(=O)C(CNC=O)[C@H]2S1.[NaH]. The van der Waals surface area contributed by atoms with Gasteiger partial charge < -0.3 is 10.4 Å². The van der Waals surface area contributed by atoms with Crippen molar-refractivity contribution in [3.05, 3.63) is 10.6 Å². The molecule has 2 atom stereocenters. The second kappa shape index (κ2) is 5.43. The van der Waals surface area contributed by atoms with Gasteiger partial charge in [-0.05, 0) is 6.92 Å². The quantitative estimate of drug-likeness (QED) is 0.384. The van der Waals surface area contributed by atoms with E-state index in [1.165, 1.54) is 16.7 Å². The molecule has 2 N–H and O–H groups in total. The fourth-order valence-electron chi connectivity index (χ4n) is 1.92. The molecule has 0 bridgehead atoms. The summed E-state index contributed by atoms with van der Waals surface area (Å²) in [4.78, 5) is 34.7. The number of carboxylic acid groups (broad SMARTS) is 1. The number of nitrogens with zero attached hydrogens (tertiary/aromatic N) is 1. The molecular weight excluding hydrogens is 255 g/mol. The molecule has 1 unspecified atom stereocenters. The van der Waals surface area contributed by atoms with E-state index >= 15 is 0 Å². The van der Waals surface area contributed by atoms with Gasteiger partial charge in [-0.15, -0.1) is 11.8 Å². The third-order valence-corrected chi connectivity index (χ3v) is 3.98. The summed E-state index contributed by atoms with van der Waals surface area (Å²) >= 11 is 1.36. The minimum absolute atomic E-state index is 0. The van der Waals surface area contributed by atoms with Crippen LogP contribution in [0.2, 0.25) is 0 Å². The van der Waals surface area contributed by atoms with Gasteiger partial charge in [-0.1, -0.05) is 0 Å². The predicted octanol–water partition coefficient (Wildman–Crippen LogP) is -1.07. The molecule has 2 aliphatic heterocycles. The summed E-state index contributed by atoms with van der Waals surface area (Å²) in [5, 5.41) is 11.2. The zero-order valence-corrected chi connectivity index (χ0v) is 9.28. The van der Waals surface area contributed by atoms with E-state index < -0.39 is 5.97 Å². The van der Waals surface area contributed by atoms with E-state index in [-0.39, 0.29) is 59.0 Å². The maximum atomic E-state index is 11.7. The molecule has 6 nitrogen and oxygen atoms in total. The topological polar surface area (TPSA) is 86.7 Å². The average molecular weight is 266 g/mol. The number of amides is 2. The molecule has 0 aromatic carbocycles. The number of aliphatic carboxylic acids is 1. The van der Waals surface area contributed by atoms with Crippen molar-refractivity contribution in [1.82, 2.24) is 10.2 Å². The first-order chi connectivity index (χ1) is 7.57. The van der Waals surface area contributed by atoms with Crippen LogP contribution in [0.15, 0.2) is 10.6 Å². The van der Waals surface area contributed by atoms with Gasteiger partial charge >= 0.3 is 35.5 Å². The standard InChI is InChI=1S/C9H10N2O4S.Na.H/c1-4-6(9(14)15)11-7(13)5(2-10-3-12)8(11)16-4;;/h3,5,8H,2H2,1H3,(H,10,12)(H,14,15);;/t5?,8-;;/m1../s1. The Hall–Kier alpha value is -0.500. The number of thioether (sulfide) groups is 1. The van der Waals surface area contributed by atoms with Gasteiger partial charge in [-0.3, -0.25) is 14.5 Å². The molecule has 1 fully saturated rings. The molecule has 0 aromatic heterocycles. The number of hydrogen-bond acceptors (Lipinski definition) is 4. The van der Waals surface area contributed by atoms with Crippen LogP contribution in [-0.2, 0) is 14.4 Å². The third-order valence-electron chi connectivity index (χ3n) is 2.65. The molecule has 2 rings (SSSR count). The number of β-lactam (4-membered cyclic amide) rings is 1. The van der Waals surface area contributed by atoms with Gasteiger partial charge in [0.25, 0.3) is 0 Å². The molecule has 0 saturated carbocycles. The predicted molar refractivity (Wildman–Crippen MR) is 63.3 cm³/mol. The summed E-state index contributed by atoms with van der Waals surface area (Å²) in [6.45, 7) is 1.95. The number of carbonyl (C=O) groups is 3. The van der Waals surface area contributed by atoms with E-state index in [4.69, 9.17) is 5.11 Å². The Morgan fingerprint density at radius 2 is 2.29 bits per heavy atom. The summed E-state index contributed by atoms with van der Waals surface area (Å²) in [5.74, 6) is -1.63. The first-order valence-corrected chi connectivity index (χ1v) is 5.56. The van der Waals surface area contributed by atoms with Crippen LogP contribution >= 0.6 is 11.8 Å². The molecule has 0 spiro atoms. The van der Waals surface area contributed by atoms with Gasteiger partial charge in [0.2, 0.25) is 12.3 Å². The molecule has 8 heteroatoms. The second-order valence-electron chi connectivity index (χ2n) is 3.56. The Balaban J connectivity index is 0.00000144. The molecule has 2 heterocycles. The summed E-state index contributed by atoms with van der Waals surface area (Å²) in [5.41, 5.74) is 0.0716. The Bertz CT molecular complexity index is 412. The van der Waals surface area contributed by atoms with E-state index in [1.807, 2.05) is 0 Å². The molecular formula is C9H11N2NaO4S. The van der Waals surface area contributed by atoms with Crippen LogP contribution in [0.4, 0.5) is 0 Å². The molecule has 1 saturated heterocycles. The normalized spacial score (nSPS) is 25.9. The summed E-state index contributed by atoms with van der Waals surface area (Å²) in [6, 6.07) is 0. The Labute approximate surface area is 124 Å². The third kappa shape index (κ3) is 2.24. The van der Waals surface area contributed by atoms with Crippen molar-refractivity contribution < 1.29 is 19.5 Å². The average Bonchev–Trinajstić information content (AvgIpc) is 2.53. The van der Waals surface area contributed by atoms with Crippen LogP contribution in [0, 0.1) is 5.92 Å². The van der Waals surface area contributed by atoms with Gasteiger partial charge in [0.15, 0.2) is 0 Å². The van der Waals surface area contributed by atoms with Crippen LogP contribution < -0.4 is 5.32 Å². The van der Waals surface area contributed by atoms with Crippen molar-refractivity contribution in [2.75, 3.05) is 6.54 Å². The molecule has 2 amide bonds. The van der Waals surface area contributed by atoms with E-state index in [9.17, 15) is 14.4 Å². The maximum absolute atomic E-state index is 11.7. The fraction of sp³-hybridized carbons (Fsp3) is 0.444.